The van der Waals surface area contributed by atoms with Gasteiger partial charge in [-0.25, -0.2) is 0 Å². The summed E-state index contributed by atoms with van der Waals surface area (Å²) in [4.78, 5) is 25.1. The SMILES string of the molecule is O=C(COC(=O)C12C[C@H]3C[C@@H](CC(Br)(C3)C1)C2)NC1CCCCCC1. The van der Waals surface area contributed by atoms with E-state index in [4.69, 9.17) is 4.74 Å². The molecular weight excluding hydrogens is 382 g/mol. The summed E-state index contributed by atoms with van der Waals surface area (Å²) < 4.78 is 5.67. The number of rotatable bonds is 4. The Labute approximate surface area is 159 Å². The highest BCUT2D eigenvalue weighted by Crippen LogP contribution is 2.64. The Balaban J connectivity index is 1.31. The predicted molar refractivity (Wildman–Crippen MR) is 99.4 cm³/mol. The van der Waals surface area contributed by atoms with Gasteiger partial charge in [0, 0.05) is 10.4 Å². The predicted octanol–water partition coefficient (Wildman–Crippen LogP) is 4.10. The van der Waals surface area contributed by atoms with E-state index in [1.54, 1.807) is 0 Å². The monoisotopic (exact) mass is 411 g/mol. The van der Waals surface area contributed by atoms with Crippen LogP contribution >= 0.6 is 15.9 Å². The van der Waals surface area contributed by atoms with Crippen LogP contribution in [-0.2, 0) is 14.3 Å². The second-order valence-electron chi connectivity index (χ2n) is 9.22. The van der Waals surface area contributed by atoms with Gasteiger partial charge in [-0.1, -0.05) is 41.6 Å². The summed E-state index contributed by atoms with van der Waals surface area (Å²) in [5.41, 5.74) is -0.337. The van der Waals surface area contributed by atoms with Crippen LogP contribution in [0.4, 0.5) is 0 Å². The summed E-state index contributed by atoms with van der Waals surface area (Å²) in [6, 6.07) is 0.263. The normalized spacial score (nSPS) is 40.5. The van der Waals surface area contributed by atoms with E-state index in [0.717, 1.165) is 32.1 Å². The van der Waals surface area contributed by atoms with E-state index in [9.17, 15) is 9.59 Å². The molecule has 0 aromatic carbocycles. The highest BCUT2D eigenvalue weighted by Gasteiger charge is 2.60. The number of esters is 1. The lowest BCUT2D eigenvalue weighted by Crippen LogP contribution is -2.56. The van der Waals surface area contributed by atoms with Gasteiger partial charge in [0.1, 0.15) is 0 Å². The van der Waals surface area contributed by atoms with Gasteiger partial charge in [0.25, 0.3) is 5.91 Å². The van der Waals surface area contributed by atoms with Crippen molar-refractivity contribution in [3.05, 3.63) is 0 Å². The van der Waals surface area contributed by atoms with Crippen LogP contribution in [0.5, 0.6) is 0 Å². The van der Waals surface area contributed by atoms with Crippen LogP contribution in [0.2, 0.25) is 0 Å². The third kappa shape index (κ3) is 3.77. The molecule has 25 heavy (non-hydrogen) atoms. The number of carbonyl (C=O) groups is 2. The van der Waals surface area contributed by atoms with Gasteiger partial charge in [-0.15, -0.1) is 0 Å². The molecule has 4 nitrogen and oxygen atoms in total. The van der Waals surface area contributed by atoms with Crippen LogP contribution in [0.15, 0.2) is 0 Å². The topological polar surface area (TPSA) is 55.4 Å². The molecule has 5 fully saturated rings. The van der Waals surface area contributed by atoms with Crippen molar-refractivity contribution in [1.82, 2.24) is 5.32 Å². The number of ether oxygens (including phenoxy) is 1. The van der Waals surface area contributed by atoms with Gasteiger partial charge in [0.15, 0.2) is 6.61 Å². The van der Waals surface area contributed by atoms with E-state index in [0.29, 0.717) is 11.8 Å². The quantitative estimate of drug-likeness (QED) is 0.430. The number of nitrogens with one attached hydrogen (secondary N) is 1. The first-order valence-electron chi connectivity index (χ1n) is 10.1. The van der Waals surface area contributed by atoms with E-state index in [1.807, 2.05) is 0 Å². The lowest BCUT2D eigenvalue weighted by atomic mass is 9.49. The lowest BCUT2D eigenvalue weighted by Gasteiger charge is -2.58. The van der Waals surface area contributed by atoms with Crippen LogP contribution in [0.1, 0.15) is 77.0 Å². The molecule has 140 valence electrons. The second-order valence-corrected chi connectivity index (χ2v) is 10.9. The molecule has 0 unspecified atom stereocenters. The standard InChI is InChI=1S/C20H30BrNO3/c21-20-10-14-7-15(11-20)9-19(8-14,13-20)18(24)25-12-17(23)22-16-5-3-1-2-4-6-16/h14-16H,1-13H2,(H,22,23)/t14-,15-,19?,20?/m1/s1. The number of hydrogen-bond acceptors (Lipinski definition) is 3. The Morgan fingerprint density at radius 2 is 1.64 bits per heavy atom. The third-order valence-electron chi connectivity index (χ3n) is 6.98. The van der Waals surface area contributed by atoms with Gasteiger partial charge >= 0.3 is 5.97 Å². The summed E-state index contributed by atoms with van der Waals surface area (Å²) in [6.45, 7) is -0.109. The van der Waals surface area contributed by atoms with Crippen molar-refractivity contribution >= 4 is 27.8 Å². The Morgan fingerprint density at radius 3 is 2.24 bits per heavy atom. The molecule has 5 heteroatoms. The van der Waals surface area contributed by atoms with E-state index in [1.165, 1.54) is 44.9 Å². The Hall–Kier alpha value is -0.580. The molecule has 0 radical (unpaired) electrons. The second kappa shape index (κ2) is 6.86. The molecule has 0 saturated heterocycles. The summed E-state index contributed by atoms with van der Waals surface area (Å²) in [5.74, 6) is 1.04. The molecule has 2 atom stereocenters. The van der Waals surface area contributed by atoms with Crippen molar-refractivity contribution in [2.45, 2.75) is 87.4 Å². The van der Waals surface area contributed by atoms with Crippen molar-refractivity contribution < 1.29 is 14.3 Å². The first-order chi connectivity index (χ1) is 12.0. The number of alkyl halides is 1. The van der Waals surface area contributed by atoms with Gasteiger partial charge in [-0.3, -0.25) is 9.59 Å². The molecule has 0 aromatic rings. The van der Waals surface area contributed by atoms with Crippen LogP contribution in [0, 0.1) is 17.3 Å². The fourth-order valence-electron chi connectivity index (χ4n) is 6.37. The Morgan fingerprint density at radius 1 is 1.00 bits per heavy atom. The van der Waals surface area contributed by atoms with Gasteiger partial charge in [0.2, 0.25) is 0 Å². The number of carbonyl (C=O) groups excluding carboxylic acids is 2. The van der Waals surface area contributed by atoms with Crippen LogP contribution in [0.3, 0.4) is 0 Å². The molecule has 1 amide bonds. The van der Waals surface area contributed by atoms with Crippen molar-refractivity contribution in [2.24, 2.45) is 17.3 Å². The maximum atomic E-state index is 12.9. The van der Waals surface area contributed by atoms with E-state index >= 15 is 0 Å². The molecule has 0 heterocycles. The fraction of sp³-hybridized carbons (Fsp3) is 0.900. The molecule has 0 aromatic heterocycles. The van der Waals surface area contributed by atoms with Gasteiger partial charge in [-0.2, -0.15) is 0 Å². The average molecular weight is 412 g/mol. The molecule has 5 rings (SSSR count). The average Bonchev–Trinajstić information content (AvgIpc) is 2.79. The molecule has 5 saturated carbocycles. The highest BCUT2D eigenvalue weighted by atomic mass is 79.9. The Bertz CT molecular complexity index is 527. The van der Waals surface area contributed by atoms with Crippen LogP contribution < -0.4 is 5.32 Å². The molecule has 5 aliphatic rings. The third-order valence-corrected chi connectivity index (χ3v) is 7.91. The smallest absolute Gasteiger partial charge is 0.312 e. The first-order valence-corrected chi connectivity index (χ1v) is 10.9. The van der Waals surface area contributed by atoms with E-state index in [2.05, 4.69) is 21.2 Å². The largest absolute Gasteiger partial charge is 0.455 e. The molecule has 5 aliphatic carbocycles. The molecular formula is C20H30BrNO3. The zero-order valence-corrected chi connectivity index (χ0v) is 16.6. The molecule has 0 spiro atoms. The first kappa shape index (κ1) is 17.8. The highest BCUT2D eigenvalue weighted by molar-refractivity contribution is 9.10. The van der Waals surface area contributed by atoms with Crippen molar-refractivity contribution in [3.8, 4) is 0 Å². The van der Waals surface area contributed by atoms with Gasteiger partial charge in [-0.05, 0) is 63.2 Å². The van der Waals surface area contributed by atoms with Crippen molar-refractivity contribution in [2.75, 3.05) is 6.61 Å². The fourth-order valence-corrected chi connectivity index (χ4v) is 7.82. The van der Waals surface area contributed by atoms with Gasteiger partial charge in [0.05, 0.1) is 5.41 Å². The van der Waals surface area contributed by atoms with Crippen molar-refractivity contribution in [1.29, 1.82) is 0 Å². The van der Waals surface area contributed by atoms with Crippen LogP contribution in [0.25, 0.3) is 0 Å². The molecule has 1 N–H and O–H groups in total. The summed E-state index contributed by atoms with van der Waals surface area (Å²) in [6.07, 6.45) is 13.5. The van der Waals surface area contributed by atoms with Crippen molar-refractivity contribution in [3.63, 3.8) is 0 Å². The number of amides is 1. The minimum Gasteiger partial charge on any atom is -0.455 e. The van der Waals surface area contributed by atoms with Gasteiger partial charge < -0.3 is 10.1 Å². The summed E-state index contributed by atoms with van der Waals surface area (Å²) >= 11 is 3.93. The van der Waals surface area contributed by atoms with E-state index in [-0.39, 0.29) is 34.3 Å². The Kier molecular flexibility index (Phi) is 4.89. The number of hydrogen-bond donors (Lipinski definition) is 1. The zero-order chi connectivity index (χ0) is 17.5. The molecule has 4 bridgehead atoms. The molecule has 0 aliphatic heterocycles. The van der Waals surface area contributed by atoms with E-state index < -0.39 is 0 Å². The van der Waals surface area contributed by atoms with Crippen LogP contribution in [-0.4, -0.2) is 28.8 Å². The maximum Gasteiger partial charge on any atom is 0.312 e. The zero-order valence-electron chi connectivity index (χ0n) is 15.0. The summed E-state index contributed by atoms with van der Waals surface area (Å²) in [5, 5.41) is 3.07. The summed E-state index contributed by atoms with van der Waals surface area (Å²) in [7, 11) is 0. The number of halogens is 1. The lowest BCUT2D eigenvalue weighted by molar-refractivity contribution is -0.171. The minimum atomic E-state index is -0.337. The maximum absolute atomic E-state index is 12.9. The minimum absolute atomic E-state index is 0.109.